The van der Waals surface area contributed by atoms with E-state index >= 15 is 0 Å². The first-order valence-electron chi connectivity index (χ1n) is 1.82. The predicted octanol–water partition coefficient (Wildman–Crippen LogP) is 0.0945. The Morgan fingerprint density at radius 2 is 1.67 bits per heavy atom. The standard InChI is InChI=1S/C4H9NO/c1-4(6)5(2)3/h1-3H3/i1+1,4+1. The maximum Gasteiger partial charge on any atom is 0.218 e. The van der Waals surface area contributed by atoms with Crippen LogP contribution in [0.5, 0.6) is 0 Å². The molecular weight excluding hydrogens is 80.0 g/mol. The van der Waals surface area contributed by atoms with Crippen molar-refractivity contribution < 1.29 is 4.79 Å². The average Bonchev–Trinajstić information content (AvgIpc) is 1.36. The Labute approximate surface area is 37.8 Å². The van der Waals surface area contributed by atoms with E-state index in [1.54, 1.807) is 14.1 Å². The highest BCUT2D eigenvalue weighted by Crippen LogP contribution is 1.69. The fourth-order valence-electron chi connectivity index (χ4n) is 0. The van der Waals surface area contributed by atoms with Crippen molar-refractivity contribution in [2.24, 2.45) is 0 Å². The van der Waals surface area contributed by atoms with Gasteiger partial charge in [-0.25, -0.2) is 0 Å². The average molecular weight is 89.1 g/mol. The lowest BCUT2D eigenvalue weighted by molar-refractivity contribution is -0.126. The smallest absolute Gasteiger partial charge is 0.218 e. The summed E-state index contributed by atoms with van der Waals surface area (Å²) in [5.74, 6) is 0.0926. The van der Waals surface area contributed by atoms with Crippen LogP contribution in [0.25, 0.3) is 0 Å². The Morgan fingerprint density at radius 1 is 1.50 bits per heavy atom. The lowest BCUT2D eigenvalue weighted by Gasteiger charge is -2.02. The molecule has 0 atom stereocenters. The van der Waals surface area contributed by atoms with Crippen LogP contribution in [-0.2, 0) is 4.79 Å². The van der Waals surface area contributed by atoms with Gasteiger partial charge in [0.05, 0.1) is 0 Å². The zero-order chi connectivity index (χ0) is 5.15. The first-order valence-corrected chi connectivity index (χ1v) is 1.82. The minimum absolute atomic E-state index is 0.0926. The van der Waals surface area contributed by atoms with Crippen LogP contribution in [0.3, 0.4) is 0 Å². The molecule has 0 aromatic rings. The van der Waals surface area contributed by atoms with Crippen molar-refractivity contribution in [1.29, 1.82) is 0 Å². The van der Waals surface area contributed by atoms with Crippen LogP contribution in [0, 0.1) is 0 Å². The normalized spacial score (nSPS) is 7.83. The van der Waals surface area contributed by atoms with Gasteiger partial charge in [0.1, 0.15) is 0 Å². The van der Waals surface area contributed by atoms with Crippen LogP contribution in [0.4, 0.5) is 0 Å². The largest absolute Gasteiger partial charge is 0.349 e. The van der Waals surface area contributed by atoms with Gasteiger partial charge in [-0.15, -0.1) is 0 Å². The highest BCUT2D eigenvalue weighted by molar-refractivity contribution is 5.72. The molecule has 0 fully saturated rings. The van der Waals surface area contributed by atoms with Gasteiger partial charge in [0, 0.05) is 21.0 Å². The van der Waals surface area contributed by atoms with Gasteiger partial charge in [0.25, 0.3) is 0 Å². The van der Waals surface area contributed by atoms with E-state index in [-0.39, 0.29) is 5.91 Å². The van der Waals surface area contributed by atoms with Gasteiger partial charge in [0.2, 0.25) is 5.91 Å². The molecule has 0 unspecified atom stereocenters. The molecule has 6 heavy (non-hydrogen) atoms. The molecule has 36 valence electrons. The van der Waals surface area contributed by atoms with E-state index < -0.39 is 0 Å². The Bertz CT molecular complexity index is 58.6. The van der Waals surface area contributed by atoms with E-state index in [0.29, 0.717) is 0 Å². The van der Waals surface area contributed by atoms with Crippen molar-refractivity contribution in [2.75, 3.05) is 14.1 Å². The summed E-state index contributed by atoms with van der Waals surface area (Å²) in [5, 5.41) is 0. The van der Waals surface area contributed by atoms with Gasteiger partial charge in [-0.05, 0) is 0 Å². The molecule has 2 nitrogen and oxygen atoms in total. The molecule has 0 aromatic heterocycles. The Hall–Kier alpha value is -0.530. The quantitative estimate of drug-likeness (QED) is 0.385. The van der Waals surface area contributed by atoms with Gasteiger partial charge in [-0.3, -0.25) is 4.79 Å². The Balaban J connectivity index is 3.26. The van der Waals surface area contributed by atoms with E-state index in [9.17, 15) is 4.79 Å². The minimum atomic E-state index is 0.0926. The molecule has 0 aliphatic carbocycles. The molecule has 0 rings (SSSR count). The van der Waals surface area contributed by atoms with Gasteiger partial charge in [0.15, 0.2) is 0 Å². The molecule has 0 saturated carbocycles. The lowest BCUT2D eigenvalue weighted by Crippen LogP contribution is -2.17. The molecule has 0 saturated heterocycles. The summed E-state index contributed by atoms with van der Waals surface area (Å²) < 4.78 is 0. The number of rotatable bonds is 0. The predicted molar refractivity (Wildman–Crippen MR) is 24.4 cm³/mol. The third-order valence-electron chi connectivity index (χ3n) is 0.630. The molecule has 0 aliphatic rings. The maximum atomic E-state index is 10.1. The number of hydrogen-bond donors (Lipinski definition) is 0. The summed E-state index contributed by atoms with van der Waals surface area (Å²) in [6.45, 7) is 1.53. The number of nitrogens with zero attached hydrogens (tertiary/aromatic N) is 1. The lowest BCUT2D eigenvalue weighted by atomic mass is 11.1. The minimum Gasteiger partial charge on any atom is -0.349 e. The summed E-state index contributed by atoms with van der Waals surface area (Å²) >= 11 is 0. The van der Waals surface area contributed by atoms with Gasteiger partial charge < -0.3 is 4.90 Å². The zero-order valence-electron chi connectivity index (χ0n) is 4.36. The number of hydrogen-bond acceptors (Lipinski definition) is 1. The molecule has 0 heterocycles. The molecule has 0 aliphatic heterocycles. The molecule has 0 spiro atoms. The van der Waals surface area contributed by atoms with E-state index in [1.165, 1.54) is 11.8 Å². The number of carbonyl (C=O) groups excluding carboxylic acids is 1. The third kappa shape index (κ3) is 1.76. The van der Waals surface area contributed by atoms with E-state index in [0.717, 1.165) is 0 Å². The van der Waals surface area contributed by atoms with Crippen molar-refractivity contribution in [3.63, 3.8) is 0 Å². The van der Waals surface area contributed by atoms with Crippen LogP contribution in [-0.4, -0.2) is 24.9 Å². The summed E-state index contributed by atoms with van der Waals surface area (Å²) in [6, 6.07) is 0. The summed E-state index contributed by atoms with van der Waals surface area (Å²) in [5.41, 5.74) is 0. The van der Waals surface area contributed by atoms with E-state index in [1.807, 2.05) is 0 Å². The fraction of sp³-hybridized carbons (Fsp3) is 0.750. The maximum absolute atomic E-state index is 10.1. The molecule has 0 radical (unpaired) electrons. The first kappa shape index (κ1) is 5.47. The van der Waals surface area contributed by atoms with E-state index in [2.05, 4.69) is 0 Å². The molecular formula is C4H9NO. The summed E-state index contributed by atoms with van der Waals surface area (Å²) in [4.78, 5) is 11.6. The monoisotopic (exact) mass is 89.1 g/mol. The second-order valence-electron chi connectivity index (χ2n) is 1.41. The Morgan fingerprint density at radius 3 is 1.67 bits per heavy atom. The fourth-order valence-corrected chi connectivity index (χ4v) is 0. The topological polar surface area (TPSA) is 20.3 Å². The van der Waals surface area contributed by atoms with Crippen LogP contribution in [0.2, 0.25) is 0 Å². The Kier molecular flexibility index (Phi) is 1.64. The molecule has 0 N–H and O–H groups in total. The van der Waals surface area contributed by atoms with Crippen LogP contribution in [0.15, 0.2) is 0 Å². The molecule has 0 aromatic carbocycles. The summed E-state index contributed by atoms with van der Waals surface area (Å²) in [6.07, 6.45) is 0. The second-order valence-corrected chi connectivity index (χ2v) is 1.41. The van der Waals surface area contributed by atoms with Crippen molar-refractivity contribution in [3.8, 4) is 0 Å². The van der Waals surface area contributed by atoms with Crippen LogP contribution in [0.1, 0.15) is 6.92 Å². The van der Waals surface area contributed by atoms with Gasteiger partial charge in [-0.1, -0.05) is 0 Å². The first-order chi connectivity index (χ1) is 2.64. The molecule has 2 heteroatoms. The second kappa shape index (κ2) is 1.80. The van der Waals surface area contributed by atoms with Crippen molar-refractivity contribution in [1.82, 2.24) is 4.90 Å². The zero-order valence-corrected chi connectivity index (χ0v) is 4.36. The van der Waals surface area contributed by atoms with Crippen LogP contribution >= 0.6 is 0 Å². The van der Waals surface area contributed by atoms with Gasteiger partial charge in [-0.2, -0.15) is 0 Å². The number of carbonyl (C=O) groups is 1. The van der Waals surface area contributed by atoms with Crippen LogP contribution < -0.4 is 0 Å². The van der Waals surface area contributed by atoms with Crippen molar-refractivity contribution in [2.45, 2.75) is 6.92 Å². The molecule has 1 amide bonds. The highest BCUT2D eigenvalue weighted by Gasteiger charge is 1.87. The van der Waals surface area contributed by atoms with E-state index in [4.69, 9.17) is 0 Å². The third-order valence-corrected chi connectivity index (χ3v) is 0.630. The SMILES string of the molecule is CN(C)[13C]([13CH3])=O. The van der Waals surface area contributed by atoms with Crippen molar-refractivity contribution in [3.05, 3.63) is 0 Å². The number of amides is 1. The molecule has 0 bridgehead atoms. The van der Waals surface area contributed by atoms with Gasteiger partial charge >= 0.3 is 0 Å². The van der Waals surface area contributed by atoms with Crippen molar-refractivity contribution >= 4 is 5.91 Å². The summed E-state index contributed by atoms with van der Waals surface area (Å²) in [7, 11) is 3.45. The highest BCUT2D eigenvalue weighted by atomic mass is 16.2.